The normalized spacial score (nSPS) is 13.7. The van der Waals surface area contributed by atoms with E-state index >= 15 is 0 Å². The van der Waals surface area contributed by atoms with Crippen LogP contribution in [0.5, 0.6) is 11.6 Å². The van der Waals surface area contributed by atoms with Crippen LogP contribution in [0.15, 0.2) is 54.6 Å². The number of hydrogen-bond donors (Lipinski definition) is 0. The predicted octanol–water partition coefficient (Wildman–Crippen LogP) is 3.84. The molecule has 0 bridgehead atoms. The molecule has 0 radical (unpaired) electrons. The standard InChI is InChI=1S/C24H25ClN4O3/c1-17-15-22(27-24(26-17)18-7-9-19(25)10-8-18)32-16-23(30)29-13-11-28(12-14-29)20-5-3-4-6-21(20)31-2/h3-10,15H,11-14,16H2,1-2H3. The van der Waals surface area contributed by atoms with Crippen LogP contribution in [0.4, 0.5) is 5.69 Å². The van der Waals surface area contributed by atoms with Gasteiger partial charge in [-0.05, 0) is 43.3 Å². The van der Waals surface area contributed by atoms with Gasteiger partial charge in [0.15, 0.2) is 12.4 Å². The number of carbonyl (C=O) groups is 1. The highest BCUT2D eigenvalue weighted by molar-refractivity contribution is 6.30. The molecule has 0 unspecified atom stereocenters. The molecule has 0 atom stereocenters. The topological polar surface area (TPSA) is 67.8 Å². The molecule has 2 aromatic carbocycles. The summed E-state index contributed by atoms with van der Waals surface area (Å²) in [5.74, 6) is 1.69. The number of halogens is 1. The minimum absolute atomic E-state index is 0.0611. The van der Waals surface area contributed by atoms with Gasteiger partial charge in [0, 0.05) is 48.5 Å². The molecule has 0 aliphatic carbocycles. The number of aryl methyl sites for hydroxylation is 1. The summed E-state index contributed by atoms with van der Waals surface area (Å²) in [5, 5.41) is 0.647. The van der Waals surface area contributed by atoms with Gasteiger partial charge in [0.2, 0.25) is 5.88 Å². The van der Waals surface area contributed by atoms with Crippen LogP contribution in [0.2, 0.25) is 5.02 Å². The average molecular weight is 453 g/mol. The van der Waals surface area contributed by atoms with Crippen molar-refractivity contribution < 1.29 is 14.3 Å². The van der Waals surface area contributed by atoms with Crippen LogP contribution in [0.1, 0.15) is 5.69 Å². The van der Waals surface area contributed by atoms with Gasteiger partial charge in [0.05, 0.1) is 12.8 Å². The molecule has 1 fully saturated rings. The number of piperazine rings is 1. The Bertz CT molecular complexity index is 1080. The molecule has 0 N–H and O–H groups in total. The van der Waals surface area contributed by atoms with Gasteiger partial charge in [-0.3, -0.25) is 4.79 Å². The number of rotatable bonds is 6. The lowest BCUT2D eigenvalue weighted by Gasteiger charge is -2.36. The Kier molecular flexibility index (Phi) is 6.75. The zero-order valence-electron chi connectivity index (χ0n) is 18.1. The third kappa shape index (κ3) is 5.11. The summed E-state index contributed by atoms with van der Waals surface area (Å²) in [6.45, 7) is 4.52. The molecule has 4 rings (SSSR count). The molecular formula is C24H25ClN4O3. The number of ether oxygens (including phenoxy) is 2. The highest BCUT2D eigenvalue weighted by Crippen LogP contribution is 2.28. The molecule has 7 nitrogen and oxygen atoms in total. The number of methoxy groups -OCH3 is 1. The second-order valence-electron chi connectivity index (χ2n) is 7.51. The van der Waals surface area contributed by atoms with Gasteiger partial charge in [0.25, 0.3) is 5.91 Å². The lowest BCUT2D eigenvalue weighted by molar-refractivity contribution is -0.133. The van der Waals surface area contributed by atoms with Crippen LogP contribution in [0.25, 0.3) is 11.4 Å². The fourth-order valence-electron chi connectivity index (χ4n) is 3.66. The van der Waals surface area contributed by atoms with Crippen molar-refractivity contribution in [2.75, 3.05) is 44.8 Å². The van der Waals surface area contributed by atoms with Crippen molar-refractivity contribution in [1.29, 1.82) is 0 Å². The van der Waals surface area contributed by atoms with Crippen LogP contribution in [0, 0.1) is 6.92 Å². The van der Waals surface area contributed by atoms with Gasteiger partial charge in [0.1, 0.15) is 5.75 Å². The summed E-state index contributed by atoms with van der Waals surface area (Å²) >= 11 is 5.96. The van der Waals surface area contributed by atoms with E-state index in [1.165, 1.54) is 0 Å². The van der Waals surface area contributed by atoms with E-state index in [2.05, 4.69) is 14.9 Å². The lowest BCUT2D eigenvalue weighted by Crippen LogP contribution is -2.50. The summed E-state index contributed by atoms with van der Waals surface area (Å²) in [7, 11) is 1.67. The number of carbonyl (C=O) groups excluding carboxylic acids is 1. The minimum Gasteiger partial charge on any atom is -0.495 e. The van der Waals surface area contributed by atoms with Crippen LogP contribution < -0.4 is 14.4 Å². The van der Waals surface area contributed by atoms with E-state index in [4.69, 9.17) is 21.1 Å². The number of aromatic nitrogens is 2. The monoisotopic (exact) mass is 452 g/mol. The minimum atomic E-state index is -0.0643. The van der Waals surface area contributed by atoms with E-state index in [1.54, 1.807) is 25.3 Å². The van der Waals surface area contributed by atoms with E-state index in [9.17, 15) is 4.79 Å². The molecule has 2 heterocycles. The lowest BCUT2D eigenvalue weighted by atomic mass is 10.2. The molecule has 1 saturated heterocycles. The molecule has 0 spiro atoms. The first kappa shape index (κ1) is 21.9. The Hall–Kier alpha value is -3.32. The van der Waals surface area contributed by atoms with Crippen LogP contribution in [-0.4, -0.2) is 60.7 Å². The van der Waals surface area contributed by atoms with Crippen molar-refractivity contribution in [3.63, 3.8) is 0 Å². The van der Waals surface area contributed by atoms with Crippen molar-refractivity contribution >= 4 is 23.2 Å². The van der Waals surface area contributed by atoms with Gasteiger partial charge < -0.3 is 19.3 Å². The van der Waals surface area contributed by atoms with Crippen LogP contribution in [0.3, 0.4) is 0 Å². The smallest absolute Gasteiger partial charge is 0.260 e. The van der Waals surface area contributed by atoms with E-state index in [1.807, 2.05) is 48.2 Å². The highest BCUT2D eigenvalue weighted by atomic mass is 35.5. The molecule has 1 aliphatic rings. The Morgan fingerprint density at radius 3 is 2.47 bits per heavy atom. The average Bonchev–Trinajstić information content (AvgIpc) is 2.82. The largest absolute Gasteiger partial charge is 0.495 e. The SMILES string of the molecule is COc1ccccc1N1CCN(C(=O)COc2cc(C)nc(-c3ccc(Cl)cc3)n2)CC1. The number of anilines is 1. The van der Waals surface area contributed by atoms with Crippen molar-refractivity contribution in [3.05, 3.63) is 65.3 Å². The zero-order chi connectivity index (χ0) is 22.5. The van der Waals surface area contributed by atoms with E-state index in [-0.39, 0.29) is 12.5 Å². The highest BCUT2D eigenvalue weighted by Gasteiger charge is 2.23. The zero-order valence-corrected chi connectivity index (χ0v) is 18.9. The second kappa shape index (κ2) is 9.87. The summed E-state index contributed by atoms with van der Waals surface area (Å²) < 4.78 is 11.2. The number of para-hydroxylation sites is 2. The van der Waals surface area contributed by atoms with Crippen molar-refractivity contribution in [3.8, 4) is 23.0 Å². The van der Waals surface area contributed by atoms with Crippen LogP contribution >= 0.6 is 11.6 Å². The molecule has 3 aromatic rings. The maximum Gasteiger partial charge on any atom is 0.260 e. The van der Waals surface area contributed by atoms with Gasteiger partial charge >= 0.3 is 0 Å². The second-order valence-corrected chi connectivity index (χ2v) is 7.94. The van der Waals surface area contributed by atoms with Gasteiger partial charge in [-0.25, -0.2) is 4.98 Å². The summed E-state index contributed by atoms with van der Waals surface area (Å²) in [4.78, 5) is 25.7. The summed E-state index contributed by atoms with van der Waals surface area (Å²) in [6.07, 6.45) is 0. The Morgan fingerprint density at radius 1 is 1.03 bits per heavy atom. The third-order valence-corrected chi connectivity index (χ3v) is 5.59. The molecule has 166 valence electrons. The summed E-state index contributed by atoms with van der Waals surface area (Å²) in [5.41, 5.74) is 2.64. The first-order valence-electron chi connectivity index (χ1n) is 10.4. The first-order chi connectivity index (χ1) is 15.5. The number of hydrogen-bond acceptors (Lipinski definition) is 6. The van der Waals surface area contributed by atoms with E-state index in [0.717, 1.165) is 35.8 Å². The molecule has 1 amide bonds. The van der Waals surface area contributed by atoms with Crippen LogP contribution in [-0.2, 0) is 4.79 Å². The quantitative estimate of drug-likeness (QED) is 0.566. The molecule has 0 saturated carbocycles. The fraction of sp³-hybridized carbons (Fsp3) is 0.292. The molecule has 1 aliphatic heterocycles. The molecular weight excluding hydrogens is 428 g/mol. The molecule has 1 aromatic heterocycles. The number of amides is 1. The molecule has 8 heteroatoms. The number of nitrogens with zero attached hydrogens (tertiary/aromatic N) is 4. The van der Waals surface area contributed by atoms with E-state index in [0.29, 0.717) is 29.8 Å². The summed E-state index contributed by atoms with van der Waals surface area (Å²) in [6, 6.07) is 16.9. The Morgan fingerprint density at radius 2 is 1.75 bits per heavy atom. The predicted molar refractivity (Wildman–Crippen MR) is 124 cm³/mol. The van der Waals surface area contributed by atoms with Crippen molar-refractivity contribution in [1.82, 2.24) is 14.9 Å². The van der Waals surface area contributed by atoms with Gasteiger partial charge in [-0.2, -0.15) is 4.98 Å². The Labute approximate surface area is 192 Å². The Balaban J connectivity index is 1.35. The maximum atomic E-state index is 12.7. The van der Waals surface area contributed by atoms with Crippen molar-refractivity contribution in [2.24, 2.45) is 0 Å². The van der Waals surface area contributed by atoms with Gasteiger partial charge in [-0.15, -0.1) is 0 Å². The number of benzene rings is 2. The molecule has 32 heavy (non-hydrogen) atoms. The first-order valence-corrected chi connectivity index (χ1v) is 10.8. The van der Waals surface area contributed by atoms with Gasteiger partial charge in [-0.1, -0.05) is 23.7 Å². The fourth-order valence-corrected chi connectivity index (χ4v) is 3.78. The maximum absolute atomic E-state index is 12.7. The third-order valence-electron chi connectivity index (χ3n) is 5.33. The van der Waals surface area contributed by atoms with E-state index < -0.39 is 0 Å². The van der Waals surface area contributed by atoms with Crippen molar-refractivity contribution in [2.45, 2.75) is 6.92 Å².